The van der Waals surface area contributed by atoms with Crippen molar-refractivity contribution in [1.82, 2.24) is 0 Å². The summed E-state index contributed by atoms with van der Waals surface area (Å²) >= 11 is 8.59. The molecule has 0 bridgehead atoms. The molecule has 0 radical (unpaired) electrons. The second kappa shape index (κ2) is 7.53. The van der Waals surface area contributed by atoms with Crippen LogP contribution in [0.25, 0.3) is 0 Å². The Bertz CT molecular complexity index is 431. The van der Waals surface area contributed by atoms with Crippen LogP contribution in [0.5, 0.6) is 5.75 Å². The zero-order chi connectivity index (χ0) is 13.5. The smallest absolute Gasteiger partial charge is 0.315 e. The third kappa shape index (κ3) is 4.42. The SMILES string of the molecule is O=[N+]([O-])c1cc(F)cc(Br)c1OCCCCCCl. The molecule has 0 saturated carbocycles. The molecule has 100 valence electrons. The Hall–Kier alpha value is -0.880. The summed E-state index contributed by atoms with van der Waals surface area (Å²) in [6, 6.07) is 1.99. The predicted octanol–water partition coefficient (Wildman–Crippen LogP) is 4.28. The molecule has 1 aromatic carbocycles. The number of rotatable bonds is 7. The van der Waals surface area contributed by atoms with Crippen molar-refractivity contribution in [1.29, 1.82) is 0 Å². The van der Waals surface area contributed by atoms with Crippen molar-refractivity contribution in [3.8, 4) is 5.75 Å². The van der Waals surface area contributed by atoms with Gasteiger partial charge >= 0.3 is 5.69 Å². The van der Waals surface area contributed by atoms with Gasteiger partial charge in [-0.15, -0.1) is 11.6 Å². The fraction of sp³-hybridized carbons (Fsp3) is 0.455. The summed E-state index contributed by atoms with van der Waals surface area (Å²) in [7, 11) is 0. The molecule has 0 aliphatic rings. The Balaban J connectivity index is 2.71. The normalized spacial score (nSPS) is 10.4. The first-order valence-electron chi connectivity index (χ1n) is 5.38. The fourth-order valence-electron chi connectivity index (χ4n) is 1.37. The van der Waals surface area contributed by atoms with Gasteiger partial charge in [-0.2, -0.15) is 0 Å². The highest BCUT2D eigenvalue weighted by atomic mass is 79.9. The highest BCUT2D eigenvalue weighted by Gasteiger charge is 2.20. The first-order valence-corrected chi connectivity index (χ1v) is 6.71. The highest BCUT2D eigenvalue weighted by Crippen LogP contribution is 2.36. The predicted molar refractivity (Wildman–Crippen MR) is 70.8 cm³/mol. The van der Waals surface area contributed by atoms with Gasteiger partial charge < -0.3 is 4.74 Å². The quantitative estimate of drug-likeness (QED) is 0.322. The van der Waals surface area contributed by atoms with Gasteiger partial charge in [0.05, 0.1) is 22.1 Å². The summed E-state index contributed by atoms with van der Waals surface area (Å²) in [6.07, 6.45) is 2.50. The molecule has 0 heterocycles. The van der Waals surface area contributed by atoms with Crippen LogP contribution in [-0.4, -0.2) is 17.4 Å². The maximum absolute atomic E-state index is 13.1. The summed E-state index contributed by atoms with van der Waals surface area (Å²) in [6.45, 7) is 0.335. The fourth-order valence-corrected chi connectivity index (χ4v) is 2.10. The molecule has 1 aromatic rings. The minimum Gasteiger partial charge on any atom is -0.486 e. The summed E-state index contributed by atoms with van der Waals surface area (Å²) < 4.78 is 18.6. The van der Waals surface area contributed by atoms with Crippen molar-refractivity contribution in [3.05, 3.63) is 32.5 Å². The lowest BCUT2D eigenvalue weighted by Crippen LogP contribution is -2.02. The van der Waals surface area contributed by atoms with Crippen molar-refractivity contribution in [2.75, 3.05) is 12.5 Å². The van der Waals surface area contributed by atoms with Gasteiger partial charge in [0, 0.05) is 5.88 Å². The standard InChI is InChI=1S/C11H12BrClFNO3/c12-9-6-8(14)7-10(15(16)17)11(9)18-5-3-1-2-4-13/h6-7H,1-5H2. The van der Waals surface area contributed by atoms with E-state index in [1.165, 1.54) is 0 Å². The maximum Gasteiger partial charge on any atom is 0.315 e. The number of benzene rings is 1. The molecule has 1 rings (SSSR count). The van der Waals surface area contributed by atoms with E-state index >= 15 is 0 Å². The van der Waals surface area contributed by atoms with Gasteiger partial charge in [0.15, 0.2) is 0 Å². The van der Waals surface area contributed by atoms with Crippen LogP contribution in [0.2, 0.25) is 0 Å². The van der Waals surface area contributed by atoms with E-state index in [2.05, 4.69) is 15.9 Å². The monoisotopic (exact) mass is 339 g/mol. The Morgan fingerprint density at radius 3 is 2.72 bits per heavy atom. The zero-order valence-corrected chi connectivity index (χ0v) is 11.8. The minimum absolute atomic E-state index is 0.0623. The lowest BCUT2D eigenvalue weighted by atomic mass is 10.2. The van der Waals surface area contributed by atoms with Crippen molar-refractivity contribution >= 4 is 33.2 Å². The molecule has 0 unspecified atom stereocenters. The lowest BCUT2D eigenvalue weighted by Gasteiger charge is -2.08. The number of unbranched alkanes of at least 4 members (excludes halogenated alkanes) is 2. The molecular weight excluding hydrogens is 328 g/mol. The molecule has 0 fully saturated rings. The van der Waals surface area contributed by atoms with Gasteiger partial charge in [-0.1, -0.05) is 0 Å². The zero-order valence-electron chi connectivity index (χ0n) is 9.50. The summed E-state index contributed by atoms with van der Waals surface area (Å²) in [4.78, 5) is 10.1. The average Bonchev–Trinajstić information content (AvgIpc) is 2.30. The lowest BCUT2D eigenvalue weighted by molar-refractivity contribution is -0.386. The number of hydrogen-bond acceptors (Lipinski definition) is 3. The first kappa shape index (κ1) is 15.2. The number of ether oxygens (including phenoxy) is 1. The molecule has 0 aliphatic carbocycles. The Morgan fingerprint density at radius 2 is 2.11 bits per heavy atom. The van der Waals surface area contributed by atoms with Gasteiger partial charge in [0.1, 0.15) is 5.82 Å². The van der Waals surface area contributed by atoms with Gasteiger partial charge in [-0.3, -0.25) is 10.1 Å². The molecule has 0 N–H and O–H groups in total. The van der Waals surface area contributed by atoms with Crippen LogP contribution >= 0.6 is 27.5 Å². The number of halogens is 3. The summed E-state index contributed by atoms with van der Waals surface area (Å²) in [5.74, 6) is -0.0317. The average molecular weight is 341 g/mol. The van der Waals surface area contributed by atoms with E-state index in [4.69, 9.17) is 16.3 Å². The molecule has 0 spiro atoms. The van der Waals surface area contributed by atoms with Gasteiger partial charge in [0.2, 0.25) is 5.75 Å². The molecule has 4 nitrogen and oxygen atoms in total. The molecule has 0 aromatic heterocycles. The van der Waals surface area contributed by atoms with Crippen molar-refractivity contribution in [3.63, 3.8) is 0 Å². The van der Waals surface area contributed by atoms with Gasteiger partial charge in [-0.05, 0) is 41.3 Å². The molecule has 7 heteroatoms. The second-order valence-electron chi connectivity index (χ2n) is 3.59. The van der Waals surface area contributed by atoms with Crippen LogP contribution in [0, 0.1) is 15.9 Å². The molecule has 0 amide bonds. The van der Waals surface area contributed by atoms with Gasteiger partial charge in [0.25, 0.3) is 0 Å². The third-order valence-electron chi connectivity index (χ3n) is 2.21. The molecule has 0 saturated heterocycles. The molecule has 0 aliphatic heterocycles. The molecular formula is C11H12BrClFNO3. The second-order valence-corrected chi connectivity index (χ2v) is 4.82. The van der Waals surface area contributed by atoms with Crippen molar-refractivity contribution in [2.45, 2.75) is 19.3 Å². The van der Waals surface area contributed by atoms with Crippen LogP contribution in [0.1, 0.15) is 19.3 Å². The van der Waals surface area contributed by atoms with Gasteiger partial charge in [-0.25, -0.2) is 4.39 Å². The number of nitro benzene ring substituents is 1. The first-order chi connectivity index (χ1) is 8.56. The van der Waals surface area contributed by atoms with E-state index in [1.807, 2.05) is 0 Å². The summed E-state index contributed by atoms with van der Waals surface area (Å²) in [5, 5.41) is 10.8. The Kier molecular flexibility index (Phi) is 6.35. The number of alkyl halides is 1. The van der Waals surface area contributed by atoms with E-state index in [-0.39, 0.29) is 15.9 Å². The molecule has 18 heavy (non-hydrogen) atoms. The van der Waals surface area contributed by atoms with E-state index < -0.39 is 10.7 Å². The topological polar surface area (TPSA) is 52.4 Å². The van der Waals surface area contributed by atoms with Crippen molar-refractivity contribution < 1.29 is 14.1 Å². The van der Waals surface area contributed by atoms with E-state index in [9.17, 15) is 14.5 Å². The summed E-state index contributed by atoms with van der Waals surface area (Å²) in [5.41, 5.74) is -0.376. The van der Waals surface area contributed by atoms with E-state index in [0.717, 1.165) is 31.4 Å². The van der Waals surface area contributed by atoms with E-state index in [0.29, 0.717) is 12.5 Å². The number of nitrogens with zero attached hydrogens (tertiary/aromatic N) is 1. The third-order valence-corrected chi connectivity index (χ3v) is 3.07. The Morgan fingerprint density at radius 1 is 1.39 bits per heavy atom. The van der Waals surface area contributed by atoms with Crippen molar-refractivity contribution in [2.24, 2.45) is 0 Å². The minimum atomic E-state index is -0.678. The highest BCUT2D eigenvalue weighted by molar-refractivity contribution is 9.10. The number of nitro groups is 1. The van der Waals surface area contributed by atoms with Crippen LogP contribution in [0.3, 0.4) is 0 Å². The molecule has 0 atom stereocenters. The van der Waals surface area contributed by atoms with Crippen LogP contribution < -0.4 is 4.74 Å². The van der Waals surface area contributed by atoms with Crippen LogP contribution in [-0.2, 0) is 0 Å². The number of hydrogen-bond donors (Lipinski definition) is 0. The maximum atomic E-state index is 13.1. The largest absolute Gasteiger partial charge is 0.486 e. The van der Waals surface area contributed by atoms with Crippen LogP contribution in [0.4, 0.5) is 10.1 Å². The van der Waals surface area contributed by atoms with E-state index in [1.54, 1.807) is 0 Å². The van der Waals surface area contributed by atoms with Crippen LogP contribution in [0.15, 0.2) is 16.6 Å². The Labute approximate surface area is 117 Å².